The van der Waals surface area contributed by atoms with Gasteiger partial charge in [-0.15, -0.1) is 0 Å². The van der Waals surface area contributed by atoms with Crippen LogP contribution in [0.25, 0.3) is 10.9 Å². The number of hydrogen-bond donors (Lipinski definition) is 1. The monoisotopic (exact) mass is 282 g/mol. The number of nitrogens with zero attached hydrogens (tertiary/aromatic N) is 1. The van der Waals surface area contributed by atoms with Gasteiger partial charge in [-0.1, -0.05) is 29.3 Å². The second kappa shape index (κ2) is 4.37. The van der Waals surface area contributed by atoms with Crippen LogP contribution in [0.3, 0.4) is 0 Å². The van der Waals surface area contributed by atoms with Crippen molar-refractivity contribution in [1.29, 1.82) is 0 Å². The summed E-state index contributed by atoms with van der Waals surface area (Å²) >= 11 is 3.24. The van der Waals surface area contributed by atoms with E-state index < -0.39 is 0 Å². The molecule has 2 N–H and O–H groups in total. The first-order chi connectivity index (χ1) is 7.61. The lowest BCUT2D eigenvalue weighted by atomic mass is 10.1. The van der Waals surface area contributed by atoms with Gasteiger partial charge in [0.05, 0.1) is 0 Å². The van der Waals surface area contributed by atoms with Crippen molar-refractivity contribution >= 4 is 32.5 Å². The highest BCUT2D eigenvalue weighted by Crippen LogP contribution is 2.27. The Balaban J connectivity index is 2.71. The molecule has 1 aromatic carbocycles. The van der Waals surface area contributed by atoms with E-state index in [4.69, 9.17) is 5.73 Å². The van der Waals surface area contributed by atoms with Crippen LogP contribution < -0.4 is 5.73 Å². The minimum Gasteiger partial charge on any atom is -0.398 e. The van der Waals surface area contributed by atoms with Crippen LogP contribution in [0.5, 0.6) is 0 Å². The zero-order chi connectivity index (χ0) is 11.7. The van der Waals surface area contributed by atoms with Crippen LogP contribution in [-0.4, -0.2) is 4.98 Å². The van der Waals surface area contributed by atoms with Crippen LogP contribution in [0.1, 0.15) is 19.0 Å². The molecule has 0 aliphatic rings. The van der Waals surface area contributed by atoms with Crippen molar-refractivity contribution in [2.24, 2.45) is 0 Å². The Morgan fingerprint density at radius 3 is 2.81 bits per heavy atom. The number of benzene rings is 1. The molecular formula is C12H12BrFN2. The van der Waals surface area contributed by atoms with Gasteiger partial charge in [0.1, 0.15) is 5.52 Å². The zero-order valence-electron chi connectivity index (χ0n) is 8.93. The van der Waals surface area contributed by atoms with E-state index in [0.29, 0.717) is 21.1 Å². The van der Waals surface area contributed by atoms with Crippen LogP contribution in [0, 0.1) is 5.82 Å². The van der Waals surface area contributed by atoms with E-state index in [1.165, 1.54) is 6.07 Å². The summed E-state index contributed by atoms with van der Waals surface area (Å²) < 4.78 is 14.4. The molecule has 2 rings (SSSR count). The van der Waals surface area contributed by atoms with E-state index in [1.807, 2.05) is 6.07 Å². The summed E-state index contributed by atoms with van der Waals surface area (Å²) in [6, 6.07) is 5.01. The Morgan fingerprint density at radius 2 is 2.12 bits per heavy atom. The van der Waals surface area contributed by atoms with Gasteiger partial charge in [0.25, 0.3) is 0 Å². The molecule has 16 heavy (non-hydrogen) atoms. The maximum Gasteiger partial charge on any atom is 0.150 e. The van der Waals surface area contributed by atoms with Gasteiger partial charge in [-0.25, -0.2) is 9.37 Å². The smallest absolute Gasteiger partial charge is 0.150 e. The number of aryl methyl sites for hydroxylation is 1. The Kier molecular flexibility index (Phi) is 3.10. The summed E-state index contributed by atoms with van der Waals surface area (Å²) in [5, 5.41) is 0.659. The van der Waals surface area contributed by atoms with Gasteiger partial charge in [0, 0.05) is 21.2 Å². The summed E-state index contributed by atoms with van der Waals surface area (Å²) in [6.07, 6.45) is 1.78. The van der Waals surface area contributed by atoms with Crippen molar-refractivity contribution in [1.82, 2.24) is 4.98 Å². The lowest BCUT2D eigenvalue weighted by molar-refractivity contribution is 0.635. The summed E-state index contributed by atoms with van der Waals surface area (Å²) in [5.74, 6) is -0.339. The lowest BCUT2D eigenvalue weighted by Gasteiger charge is -2.07. The van der Waals surface area contributed by atoms with Crippen LogP contribution in [-0.2, 0) is 6.42 Å². The number of pyridine rings is 1. The third kappa shape index (κ3) is 2.02. The maximum atomic E-state index is 13.7. The molecular weight excluding hydrogens is 271 g/mol. The number of anilines is 1. The number of fused-ring (bicyclic) bond motifs is 1. The van der Waals surface area contributed by atoms with Crippen molar-refractivity contribution in [3.05, 3.63) is 34.2 Å². The molecule has 0 radical (unpaired) electrons. The highest BCUT2D eigenvalue weighted by molar-refractivity contribution is 9.10. The van der Waals surface area contributed by atoms with Crippen LogP contribution in [0.2, 0.25) is 0 Å². The zero-order valence-corrected chi connectivity index (χ0v) is 10.5. The van der Waals surface area contributed by atoms with E-state index in [1.54, 1.807) is 6.07 Å². The summed E-state index contributed by atoms with van der Waals surface area (Å²) in [4.78, 5) is 4.29. The van der Waals surface area contributed by atoms with E-state index in [-0.39, 0.29) is 5.82 Å². The highest BCUT2D eigenvalue weighted by Gasteiger charge is 2.08. The lowest BCUT2D eigenvalue weighted by Crippen LogP contribution is -1.97. The summed E-state index contributed by atoms with van der Waals surface area (Å²) in [5.41, 5.74) is 7.67. The van der Waals surface area contributed by atoms with Gasteiger partial charge in [-0.2, -0.15) is 0 Å². The molecule has 0 unspecified atom stereocenters. The first kappa shape index (κ1) is 11.3. The van der Waals surface area contributed by atoms with Crippen molar-refractivity contribution in [2.45, 2.75) is 19.8 Å². The molecule has 0 saturated carbocycles. The molecule has 0 bridgehead atoms. The molecule has 0 fully saturated rings. The Labute approximate surface area is 102 Å². The molecule has 0 aliphatic heterocycles. The molecule has 0 atom stereocenters. The molecule has 0 aliphatic carbocycles. The second-order valence-corrected chi connectivity index (χ2v) is 4.65. The molecule has 1 heterocycles. The van der Waals surface area contributed by atoms with Crippen molar-refractivity contribution in [3.63, 3.8) is 0 Å². The number of nitrogen functional groups attached to an aromatic ring is 1. The third-order valence-electron chi connectivity index (χ3n) is 2.42. The fraction of sp³-hybridized carbons (Fsp3) is 0.250. The van der Waals surface area contributed by atoms with Gasteiger partial charge < -0.3 is 5.73 Å². The van der Waals surface area contributed by atoms with Crippen molar-refractivity contribution in [2.75, 3.05) is 5.73 Å². The van der Waals surface area contributed by atoms with E-state index in [0.717, 1.165) is 18.5 Å². The van der Waals surface area contributed by atoms with E-state index >= 15 is 0 Å². The number of hydrogen-bond acceptors (Lipinski definition) is 2. The van der Waals surface area contributed by atoms with E-state index in [9.17, 15) is 4.39 Å². The van der Waals surface area contributed by atoms with Crippen LogP contribution in [0.15, 0.2) is 22.7 Å². The van der Waals surface area contributed by atoms with Crippen LogP contribution >= 0.6 is 15.9 Å². The number of nitrogens with two attached hydrogens (primary N) is 1. The average Bonchev–Trinajstić information content (AvgIpc) is 2.20. The fourth-order valence-electron chi connectivity index (χ4n) is 1.72. The van der Waals surface area contributed by atoms with Gasteiger partial charge >= 0.3 is 0 Å². The second-order valence-electron chi connectivity index (χ2n) is 3.74. The molecule has 0 amide bonds. The van der Waals surface area contributed by atoms with Gasteiger partial charge in [-0.3, -0.25) is 0 Å². The largest absolute Gasteiger partial charge is 0.398 e. The molecule has 1 aromatic heterocycles. The van der Waals surface area contributed by atoms with Gasteiger partial charge in [-0.05, 0) is 24.6 Å². The van der Waals surface area contributed by atoms with Crippen LogP contribution in [0.4, 0.5) is 10.1 Å². The SMILES string of the molecule is CCCc1cc(N)c2cc(Br)cc(F)c2n1. The minimum atomic E-state index is -0.339. The highest BCUT2D eigenvalue weighted by atomic mass is 79.9. The fourth-order valence-corrected chi connectivity index (χ4v) is 2.15. The van der Waals surface area contributed by atoms with Gasteiger partial charge in [0.15, 0.2) is 5.82 Å². The number of halogens is 2. The predicted molar refractivity (Wildman–Crippen MR) is 67.8 cm³/mol. The Morgan fingerprint density at radius 1 is 1.38 bits per heavy atom. The predicted octanol–water partition coefficient (Wildman–Crippen LogP) is 3.67. The number of rotatable bonds is 2. The Bertz CT molecular complexity index is 540. The minimum absolute atomic E-state index is 0.339. The van der Waals surface area contributed by atoms with Gasteiger partial charge in [0.2, 0.25) is 0 Å². The molecule has 0 spiro atoms. The number of aromatic nitrogens is 1. The quantitative estimate of drug-likeness (QED) is 0.913. The molecule has 0 saturated heterocycles. The summed E-state index contributed by atoms with van der Waals surface area (Å²) in [6.45, 7) is 2.06. The standard InChI is InChI=1S/C12H12BrFN2/c1-2-3-8-6-11(15)9-4-7(13)5-10(14)12(9)16-8/h4-6H,2-3H2,1H3,(H2,15,16). The third-order valence-corrected chi connectivity index (χ3v) is 2.88. The maximum absolute atomic E-state index is 13.7. The van der Waals surface area contributed by atoms with Crippen molar-refractivity contribution < 1.29 is 4.39 Å². The summed E-state index contributed by atoms with van der Waals surface area (Å²) in [7, 11) is 0. The van der Waals surface area contributed by atoms with E-state index in [2.05, 4.69) is 27.8 Å². The molecule has 2 nitrogen and oxygen atoms in total. The first-order valence-electron chi connectivity index (χ1n) is 5.16. The average molecular weight is 283 g/mol. The molecule has 2 aromatic rings. The topological polar surface area (TPSA) is 38.9 Å². The Hall–Kier alpha value is -1.16. The first-order valence-corrected chi connectivity index (χ1v) is 5.95. The molecule has 4 heteroatoms. The van der Waals surface area contributed by atoms with Crippen molar-refractivity contribution in [3.8, 4) is 0 Å². The molecule has 84 valence electrons. The normalized spacial score (nSPS) is 10.9.